The molecule has 6 heterocycles. The maximum atomic E-state index is 15.7. The van der Waals surface area contributed by atoms with E-state index in [9.17, 15) is 14.4 Å². The summed E-state index contributed by atoms with van der Waals surface area (Å²) in [7, 11) is 3.16. The maximum Gasteiger partial charge on any atom is 0.317 e. The summed E-state index contributed by atoms with van der Waals surface area (Å²) in [6.45, 7) is 8.51. The van der Waals surface area contributed by atoms with Crippen LogP contribution in [0.15, 0.2) is 109 Å². The van der Waals surface area contributed by atoms with Crippen molar-refractivity contribution in [1.29, 1.82) is 0 Å². The number of benzene rings is 3. The van der Waals surface area contributed by atoms with E-state index < -0.39 is 12.3 Å². The maximum absolute atomic E-state index is 15.7. The largest absolute Gasteiger partial charge is 0.496 e. The number of aryl methyl sites for hydroxylation is 1. The third kappa shape index (κ3) is 12.1. The van der Waals surface area contributed by atoms with Crippen LogP contribution in [0.25, 0.3) is 45.9 Å². The number of nitrogens with zero attached hydrogens (tertiary/aromatic N) is 9. The molecule has 9 rings (SSSR count). The summed E-state index contributed by atoms with van der Waals surface area (Å²) in [6.07, 6.45) is 11.5. The van der Waals surface area contributed by atoms with Gasteiger partial charge in [-0.2, -0.15) is 14.5 Å². The number of halogens is 1. The first kappa shape index (κ1) is 51.0. The number of para-hydroxylation sites is 1. The smallest absolute Gasteiger partial charge is 0.317 e. The summed E-state index contributed by atoms with van der Waals surface area (Å²) in [6, 6.07) is 20.6. The number of alkyl halides is 1. The number of carbonyl (C=O) groups excluding carboxylic acids is 3. The van der Waals surface area contributed by atoms with Gasteiger partial charge in [-0.25, -0.2) is 14.4 Å². The van der Waals surface area contributed by atoms with E-state index in [1.165, 1.54) is 28.6 Å². The van der Waals surface area contributed by atoms with E-state index in [1.807, 2.05) is 83.9 Å². The molecule has 17 nitrogen and oxygen atoms in total. The lowest BCUT2D eigenvalue weighted by Gasteiger charge is -2.33. The first-order chi connectivity index (χ1) is 36.1. The van der Waals surface area contributed by atoms with Crippen molar-refractivity contribution in [3.63, 3.8) is 0 Å². The number of carbonyl (C=O) groups is 3. The van der Waals surface area contributed by atoms with E-state index in [4.69, 9.17) is 23.7 Å². The summed E-state index contributed by atoms with van der Waals surface area (Å²) >= 11 is 1.28. The number of ether oxygens (including phenoxy) is 5. The molecule has 2 atom stereocenters. The molecule has 3 amide bonds. The van der Waals surface area contributed by atoms with Crippen molar-refractivity contribution in [1.82, 2.24) is 43.8 Å². The lowest BCUT2D eigenvalue weighted by atomic mass is 10.0. The molecule has 19 heteroatoms. The Morgan fingerprint density at radius 3 is 2.00 bits per heavy atom. The van der Waals surface area contributed by atoms with Gasteiger partial charge in [-0.15, -0.1) is 0 Å². The number of amides is 3. The minimum Gasteiger partial charge on any atom is -0.496 e. The number of likely N-dealkylation sites (tertiary alicyclic amines) is 3. The monoisotopic (exact) mass is 1020 g/mol. The summed E-state index contributed by atoms with van der Waals surface area (Å²) in [4.78, 5) is 57.6. The van der Waals surface area contributed by atoms with E-state index in [1.54, 1.807) is 54.5 Å². The Kier molecular flexibility index (Phi) is 16.4. The summed E-state index contributed by atoms with van der Waals surface area (Å²) in [5.74, 6) is 2.35. The number of rotatable bonds is 17. The molecule has 384 valence electrons. The molecule has 0 unspecified atom stereocenters. The predicted molar refractivity (Wildman–Crippen MR) is 278 cm³/mol. The fraction of sp³-hybridized carbons (Fsp3) is 0.345. The van der Waals surface area contributed by atoms with Crippen LogP contribution >= 0.6 is 11.5 Å². The fourth-order valence-electron chi connectivity index (χ4n) is 9.25. The van der Waals surface area contributed by atoms with Gasteiger partial charge in [0.1, 0.15) is 41.9 Å². The van der Waals surface area contributed by atoms with Crippen LogP contribution in [-0.2, 0) is 20.9 Å². The highest BCUT2D eigenvalue weighted by Crippen LogP contribution is 2.37. The van der Waals surface area contributed by atoms with Gasteiger partial charge in [0.05, 0.1) is 32.0 Å². The van der Waals surface area contributed by atoms with Gasteiger partial charge in [-0.05, 0) is 95.8 Å². The SMILES string of the molecule is C=CC(=O)N1CCC(Oc2ccc(/C=C/C(=O)N3CCC(Oc4ccc(/C=C/C(=O)N5CC[C@H](Oc6nccc(-c7ccccc7OC)n6)[C@H](F)C5)c(-c5ncn(CC)n5)c4)CC3)c(-c3csnc3OC)c2)CC1. The van der Waals surface area contributed by atoms with E-state index >= 15 is 4.39 Å². The molecule has 3 saturated heterocycles. The van der Waals surface area contributed by atoms with Crippen LogP contribution in [0.5, 0.6) is 29.1 Å². The van der Waals surface area contributed by atoms with Gasteiger partial charge in [-0.1, -0.05) is 30.8 Å². The lowest BCUT2D eigenvalue weighted by molar-refractivity contribution is -0.130. The van der Waals surface area contributed by atoms with E-state index in [0.29, 0.717) is 104 Å². The molecule has 3 aliphatic heterocycles. The Morgan fingerprint density at radius 1 is 0.730 bits per heavy atom. The molecule has 0 aliphatic carbocycles. The predicted octanol–water partition coefficient (Wildman–Crippen LogP) is 8.23. The molecule has 3 aromatic carbocycles. The Hall–Kier alpha value is -7.93. The van der Waals surface area contributed by atoms with Gasteiger partial charge < -0.3 is 38.4 Å². The molecule has 0 bridgehead atoms. The van der Waals surface area contributed by atoms with Crippen LogP contribution in [-0.4, -0.2) is 139 Å². The van der Waals surface area contributed by atoms with Crippen molar-refractivity contribution >= 4 is 41.4 Å². The molecule has 0 spiro atoms. The van der Waals surface area contributed by atoms with Gasteiger partial charge in [0.15, 0.2) is 12.0 Å². The van der Waals surface area contributed by atoms with Crippen LogP contribution < -0.4 is 23.7 Å². The van der Waals surface area contributed by atoms with Crippen molar-refractivity contribution in [2.75, 3.05) is 53.5 Å². The van der Waals surface area contributed by atoms with Crippen molar-refractivity contribution in [2.24, 2.45) is 0 Å². The normalized spacial score (nSPS) is 17.6. The minimum absolute atomic E-state index is 0.0478. The topological polar surface area (TPSA) is 176 Å². The molecule has 6 aromatic rings. The van der Waals surface area contributed by atoms with Crippen LogP contribution in [0.2, 0.25) is 0 Å². The highest BCUT2D eigenvalue weighted by Gasteiger charge is 2.33. The van der Waals surface area contributed by atoms with E-state index in [0.717, 1.165) is 22.3 Å². The molecule has 3 aliphatic rings. The molecule has 3 aromatic heterocycles. The standard InChI is InChI=1S/C55H58FN9O8S/c1-5-50(66)62-26-20-38(21-27-62)71-40-15-11-36(43(31-40)45-34-74-61-54(45)70-4)13-17-51(67)63-28-22-39(23-29-63)72-41-16-12-37(44(32-41)53-58-35-65(6-2)60-53)14-18-52(68)64-30-24-49(46(56)33-64)73-55-57-25-19-47(59-55)42-9-7-8-10-48(42)69-3/h5,7-19,25,31-32,34-35,38-39,46,49H,1,6,20-24,26-30,33H2,2-4H3/b17-13+,18-14+/t46-,49+/m1/s1. The first-order valence-electron chi connectivity index (χ1n) is 24.7. The molecule has 0 N–H and O–H groups in total. The van der Waals surface area contributed by atoms with Crippen molar-refractivity contribution in [3.05, 3.63) is 121 Å². The Morgan fingerprint density at radius 2 is 1.36 bits per heavy atom. The number of hydrogen-bond acceptors (Lipinski definition) is 14. The Bertz CT molecular complexity index is 3020. The molecule has 0 radical (unpaired) electrons. The van der Waals surface area contributed by atoms with Gasteiger partial charge >= 0.3 is 6.01 Å². The zero-order chi connectivity index (χ0) is 51.6. The van der Waals surface area contributed by atoms with Crippen LogP contribution in [0.3, 0.4) is 0 Å². The average Bonchev–Trinajstić information content (AvgIpc) is 4.14. The second kappa shape index (κ2) is 23.7. The van der Waals surface area contributed by atoms with Crippen LogP contribution in [0.4, 0.5) is 4.39 Å². The second-order valence-electron chi connectivity index (χ2n) is 18.0. The highest BCUT2D eigenvalue weighted by atomic mass is 32.1. The summed E-state index contributed by atoms with van der Waals surface area (Å²) in [5, 5.41) is 6.56. The number of aromatic nitrogens is 6. The van der Waals surface area contributed by atoms with E-state index in [2.05, 4.69) is 31.0 Å². The van der Waals surface area contributed by atoms with Crippen LogP contribution in [0.1, 0.15) is 50.2 Å². The first-order valence-corrected chi connectivity index (χ1v) is 25.6. The number of methoxy groups -OCH3 is 2. The number of hydrogen-bond donors (Lipinski definition) is 0. The lowest BCUT2D eigenvalue weighted by Crippen LogP contribution is -2.49. The molecule has 74 heavy (non-hydrogen) atoms. The summed E-state index contributed by atoms with van der Waals surface area (Å²) in [5.41, 5.74) is 5.12. The van der Waals surface area contributed by atoms with Crippen molar-refractivity contribution in [3.8, 4) is 62.9 Å². The van der Waals surface area contributed by atoms with Gasteiger partial charge in [0.25, 0.3) is 0 Å². The third-order valence-corrected chi connectivity index (χ3v) is 13.9. The zero-order valence-electron chi connectivity index (χ0n) is 41.5. The average molecular weight is 1020 g/mol. The van der Waals surface area contributed by atoms with E-state index in [-0.39, 0.29) is 55.5 Å². The van der Waals surface area contributed by atoms with Gasteiger partial charge in [-0.3, -0.25) is 19.1 Å². The minimum atomic E-state index is -1.47. The van der Waals surface area contributed by atoms with Crippen molar-refractivity contribution < 1.29 is 42.5 Å². The van der Waals surface area contributed by atoms with Gasteiger partial charge in [0.2, 0.25) is 23.6 Å². The molecule has 0 saturated carbocycles. The number of piperidine rings is 3. The zero-order valence-corrected chi connectivity index (χ0v) is 42.4. The Labute approximate surface area is 433 Å². The van der Waals surface area contributed by atoms with Crippen molar-refractivity contribution in [2.45, 2.75) is 70.1 Å². The molecule has 3 fully saturated rings. The molecular formula is C55H58FN9O8S. The fourth-order valence-corrected chi connectivity index (χ4v) is 9.90. The third-order valence-electron chi connectivity index (χ3n) is 13.3. The Balaban J connectivity index is 0.807. The van der Waals surface area contributed by atoms with Crippen LogP contribution in [0, 0.1) is 0 Å². The van der Waals surface area contributed by atoms with Gasteiger partial charge in [0, 0.05) is 106 Å². The quantitative estimate of drug-likeness (QED) is 0.0800. The summed E-state index contributed by atoms with van der Waals surface area (Å²) < 4.78 is 51.7. The molecular weight excluding hydrogens is 966 g/mol. The highest BCUT2D eigenvalue weighted by molar-refractivity contribution is 7.04. The second-order valence-corrected chi connectivity index (χ2v) is 18.6.